The van der Waals surface area contributed by atoms with Gasteiger partial charge in [0.15, 0.2) is 4.80 Å². The molecular formula is C20H20N2O3S. The summed E-state index contributed by atoms with van der Waals surface area (Å²) in [4.78, 5) is 17.2. The lowest BCUT2D eigenvalue weighted by molar-refractivity contribution is -0.113. The van der Waals surface area contributed by atoms with E-state index in [0.29, 0.717) is 11.3 Å². The molecule has 134 valence electrons. The monoisotopic (exact) mass is 368 g/mol. The topological polar surface area (TPSA) is 52.8 Å². The zero-order valence-corrected chi connectivity index (χ0v) is 15.7. The molecule has 0 radical (unpaired) electrons. The number of nitrogens with zero attached hydrogens (tertiary/aromatic N) is 2. The molecule has 0 saturated heterocycles. The van der Waals surface area contributed by atoms with Gasteiger partial charge in [-0.05, 0) is 30.7 Å². The van der Waals surface area contributed by atoms with Crippen molar-refractivity contribution in [2.75, 3.05) is 14.2 Å². The van der Waals surface area contributed by atoms with Crippen LogP contribution in [-0.2, 0) is 11.3 Å². The predicted molar refractivity (Wildman–Crippen MR) is 105 cm³/mol. The Morgan fingerprint density at radius 1 is 1.12 bits per heavy atom. The van der Waals surface area contributed by atoms with Crippen molar-refractivity contribution in [3.8, 4) is 11.5 Å². The van der Waals surface area contributed by atoms with Crippen molar-refractivity contribution in [1.82, 2.24) is 4.57 Å². The van der Waals surface area contributed by atoms with Crippen LogP contribution in [0.15, 0.2) is 53.5 Å². The van der Waals surface area contributed by atoms with Crippen LogP contribution < -0.4 is 14.3 Å². The van der Waals surface area contributed by atoms with Gasteiger partial charge in [-0.1, -0.05) is 41.7 Å². The standard InChI is InChI=1S/C20H20N2O3S/c1-4-22-18-15(24-2)11-12-16(25-3)19(18)26-20(22)21-17(23)13-10-14-8-6-5-7-9-14/h5-13H,4H2,1-3H3. The first kappa shape index (κ1) is 17.9. The van der Waals surface area contributed by atoms with Gasteiger partial charge in [0.1, 0.15) is 21.7 Å². The van der Waals surface area contributed by atoms with Crippen LogP contribution in [0.3, 0.4) is 0 Å². The summed E-state index contributed by atoms with van der Waals surface area (Å²) in [6.45, 7) is 2.67. The highest BCUT2D eigenvalue weighted by Crippen LogP contribution is 2.35. The number of hydrogen-bond acceptors (Lipinski definition) is 4. The minimum absolute atomic E-state index is 0.305. The molecule has 0 unspecified atom stereocenters. The second-order valence-corrected chi connectivity index (χ2v) is 6.45. The van der Waals surface area contributed by atoms with E-state index in [1.807, 2.05) is 54.0 Å². The Labute approximate surface area is 155 Å². The summed E-state index contributed by atoms with van der Waals surface area (Å²) >= 11 is 1.42. The number of benzene rings is 2. The molecule has 1 amide bonds. The number of aromatic nitrogens is 1. The van der Waals surface area contributed by atoms with Gasteiger partial charge in [0.2, 0.25) is 0 Å². The molecule has 2 aromatic carbocycles. The van der Waals surface area contributed by atoms with Crippen molar-refractivity contribution >= 4 is 33.5 Å². The Balaban J connectivity index is 2.08. The van der Waals surface area contributed by atoms with Crippen molar-refractivity contribution in [2.45, 2.75) is 13.5 Å². The number of rotatable bonds is 5. The number of hydrogen-bond donors (Lipinski definition) is 0. The fourth-order valence-corrected chi connectivity index (χ4v) is 3.90. The van der Waals surface area contributed by atoms with Crippen molar-refractivity contribution in [3.05, 3.63) is 58.9 Å². The predicted octanol–water partition coefficient (Wildman–Crippen LogP) is 3.88. The van der Waals surface area contributed by atoms with E-state index in [1.54, 1.807) is 20.3 Å². The molecular weight excluding hydrogens is 348 g/mol. The lowest BCUT2D eigenvalue weighted by Gasteiger charge is -2.08. The van der Waals surface area contributed by atoms with Crippen molar-refractivity contribution in [1.29, 1.82) is 0 Å². The normalized spacial score (nSPS) is 12.0. The maximum Gasteiger partial charge on any atom is 0.272 e. The maximum atomic E-state index is 12.3. The van der Waals surface area contributed by atoms with Crippen LogP contribution >= 0.6 is 11.3 Å². The summed E-state index contributed by atoms with van der Waals surface area (Å²) in [5.41, 5.74) is 1.84. The van der Waals surface area contributed by atoms with Crippen molar-refractivity contribution in [3.63, 3.8) is 0 Å². The van der Waals surface area contributed by atoms with Crippen molar-refractivity contribution in [2.24, 2.45) is 4.99 Å². The molecule has 0 saturated carbocycles. The van der Waals surface area contributed by atoms with E-state index in [9.17, 15) is 4.79 Å². The number of fused-ring (bicyclic) bond motifs is 1. The number of amides is 1. The molecule has 6 heteroatoms. The van der Waals surface area contributed by atoms with E-state index in [-0.39, 0.29) is 5.91 Å². The number of carbonyl (C=O) groups is 1. The molecule has 1 heterocycles. The van der Waals surface area contributed by atoms with Crippen LogP contribution in [0.4, 0.5) is 0 Å². The molecule has 0 fully saturated rings. The number of carbonyl (C=O) groups excluding carboxylic acids is 1. The summed E-state index contributed by atoms with van der Waals surface area (Å²) in [6, 6.07) is 13.4. The molecule has 0 bridgehead atoms. The third-order valence-electron chi connectivity index (χ3n) is 3.93. The molecule has 0 aliphatic heterocycles. The average Bonchev–Trinajstić information content (AvgIpc) is 3.04. The SMILES string of the molecule is CCn1c(=NC(=O)C=Cc2ccccc2)sc2c(OC)ccc(OC)c21. The van der Waals surface area contributed by atoms with Gasteiger partial charge < -0.3 is 14.0 Å². The van der Waals surface area contributed by atoms with Gasteiger partial charge in [-0.15, -0.1) is 0 Å². The highest BCUT2D eigenvalue weighted by molar-refractivity contribution is 7.16. The third-order valence-corrected chi connectivity index (χ3v) is 5.03. The lowest BCUT2D eigenvalue weighted by Crippen LogP contribution is -2.15. The first-order chi connectivity index (χ1) is 12.7. The van der Waals surface area contributed by atoms with Gasteiger partial charge in [-0.2, -0.15) is 4.99 Å². The zero-order chi connectivity index (χ0) is 18.5. The van der Waals surface area contributed by atoms with Gasteiger partial charge >= 0.3 is 0 Å². The van der Waals surface area contributed by atoms with E-state index >= 15 is 0 Å². The van der Waals surface area contributed by atoms with E-state index in [1.165, 1.54) is 17.4 Å². The van der Waals surface area contributed by atoms with Gasteiger partial charge in [0.05, 0.1) is 14.2 Å². The summed E-state index contributed by atoms with van der Waals surface area (Å²) < 4.78 is 13.8. The van der Waals surface area contributed by atoms with Crippen LogP contribution in [0.2, 0.25) is 0 Å². The van der Waals surface area contributed by atoms with E-state index in [2.05, 4.69) is 4.99 Å². The molecule has 0 aliphatic rings. The molecule has 26 heavy (non-hydrogen) atoms. The number of ether oxygens (including phenoxy) is 2. The number of methoxy groups -OCH3 is 2. The lowest BCUT2D eigenvalue weighted by atomic mass is 10.2. The van der Waals surface area contributed by atoms with Crippen LogP contribution in [0.1, 0.15) is 12.5 Å². The van der Waals surface area contributed by atoms with E-state index < -0.39 is 0 Å². The summed E-state index contributed by atoms with van der Waals surface area (Å²) in [7, 11) is 3.26. The van der Waals surface area contributed by atoms with E-state index in [0.717, 1.165) is 27.3 Å². The van der Waals surface area contributed by atoms with Crippen LogP contribution in [-0.4, -0.2) is 24.7 Å². The zero-order valence-electron chi connectivity index (χ0n) is 14.9. The Morgan fingerprint density at radius 3 is 2.46 bits per heavy atom. The fraction of sp³-hybridized carbons (Fsp3) is 0.200. The molecule has 0 spiro atoms. The smallest absolute Gasteiger partial charge is 0.272 e. The molecule has 0 N–H and O–H groups in total. The van der Waals surface area contributed by atoms with Crippen LogP contribution in [0.25, 0.3) is 16.3 Å². The summed E-state index contributed by atoms with van der Waals surface area (Å²) in [5.74, 6) is 1.16. The molecule has 1 aromatic heterocycles. The first-order valence-electron chi connectivity index (χ1n) is 8.24. The summed E-state index contributed by atoms with van der Waals surface area (Å²) in [6.07, 6.45) is 3.24. The maximum absolute atomic E-state index is 12.3. The van der Waals surface area contributed by atoms with Gasteiger partial charge in [0.25, 0.3) is 5.91 Å². The molecule has 5 nitrogen and oxygen atoms in total. The van der Waals surface area contributed by atoms with Gasteiger partial charge in [0, 0.05) is 12.6 Å². The fourth-order valence-electron chi connectivity index (χ4n) is 2.70. The minimum Gasteiger partial charge on any atom is -0.495 e. The Morgan fingerprint density at radius 2 is 1.81 bits per heavy atom. The molecule has 3 aromatic rings. The Kier molecular flexibility index (Phi) is 5.53. The van der Waals surface area contributed by atoms with Gasteiger partial charge in [-0.3, -0.25) is 4.79 Å². The van der Waals surface area contributed by atoms with Crippen LogP contribution in [0, 0.1) is 0 Å². The highest BCUT2D eigenvalue weighted by Gasteiger charge is 2.15. The quantitative estimate of drug-likeness (QED) is 0.642. The molecule has 0 atom stereocenters. The number of thiazole rings is 1. The summed E-state index contributed by atoms with van der Waals surface area (Å²) in [5, 5.41) is 0. The Hall–Kier alpha value is -2.86. The minimum atomic E-state index is -0.305. The molecule has 0 aliphatic carbocycles. The Bertz CT molecular complexity index is 1020. The average molecular weight is 368 g/mol. The largest absolute Gasteiger partial charge is 0.495 e. The van der Waals surface area contributed by atoms with Gasteiger partial charge in [-0.25, -0.2) is 0 Å². The second kappa shape index (κ2) is 8.01. The third kappa shape index (κ3) is 3.55. The van der Waals surface area contributed by atoms with E-state index in [4.69, 9.17) is 9.47 Å². The highest BCUT2D eigenvalue weighted by atomic mass is 32.1. The number of aryl methyl sites for hydroxylation is 1. The molecule has 3 rings (SSSR count). The van der Waals surface area contributed by atoms with Crippen molar-refractivity contribution < 1.29 is 14.3 Å². The second-order valence-electron chi connectivity index (χ2n) is 5.47. The van der Waals surface area contributed by atoms with Crippen LogP contribution in [0.5, 0.6) is 11.5 Å². The first-order valence-corrected chi connectivity index (χ1v) is 9.05.